The number of imide groups is 1. The standard InChI is InChI=1S/C13H15N3O4/c1-8-3-4-9(16(19)20)7-11(8)14-10-5-6-12(17)15(2)13(10)18/h3-4,7,10,14H,5-6H2,1-2H3. The first kappa shape index (κ1) is 14.0. The van der Waals surface area contributed by atoms with Crippen LogP contribution in [0.1, 0.15) is 18.4 Å². The summed E-state index contributed by atoms with van der Waals surface area (Å²) >= 11 is 0. The molecule has 1 saturated heterocycles. The average molecular weight is 277 g/mol. The molecule has 1 N–H and O–H groups in total. The predicted molar refractivity (Wildman–Crippen MR) is 72.3 cm³/mol. The summed E-state index contributed by atoms with van der Waals surface area (Å²) in [5.74, 6) is -0.518. The van der Waals surface area contributed by atoms with E-state index < -0.39 is 11.0 Å². The maximum atomic E-state index is 12.0. The number of aryl methyl sites for hydroxylation is 1. The van der Waals surface area contributed by atoms with Crippen molar-refractivity contribution in [2.24, 2.45) is 0 Å². The molecule has 7 heteroatoms. The Morgan fingerprint density at radius 1 is 1.40 bits per heavy atom. The fourth-order valence-corrected chi connectivity index (χ4v) is 2.12. The van der Waals surface area contributed by atoms with Gasteiger partial charge in [0.15, 0.2) is 0 Å². The van der Waals surface area contributed by atoms with E-state index in [1.807, 2.05) is 0 Å². The van der Waals surface area contributed by atoms with E-state index in [0.29, 0.717) is 12.1 Å². The third-order valence-electron chi connectivity index (χ3n) is 3.41. The van der Waals surface area contributed by atoms with Gasteiger partial charge < -0.3 is 5.32 Å². The van der Waals surface area contributed by atoms with E-state index in [0.717, 1.165) is 10.5 Å². The van der Waals surface area contributed by atoms with Gasteiger partial charge in [-0.25, -0.2) is 0 Å². The number of nitrogens with zero attached hydrogens (tertiary/aromatic N) is 2. The van der Waals surface area contributed by atoms with Crippen LogP contribution in [0.5, 0.6) is 0 Å². The van der Waals surface area contributed by atoms with Crippen molar-refractivity contribution < 1.29 is 14.5 Å². The molecule has 1 aliphatic heterocycles. The van der Waals surface area contributed by atoms with Crippen LogP contribution in [-0.4, -0.2) is 34.7 Å². The summed E-state index contributed by atoms with van der Waals surface area (Å²) in [4.78, 5) is 34.8. The van der Waals surface area contributed by atoms with E-state index in [9.17, 15) is 19.7 Å². The molecule has 0 aliphatic carbocycles. The molecule has 2 rings (SSSR count). The van der Waals surface area contributed by atoms with E-state index in [2.05, 4.69) is 5.32 Å². The molecule has 1 aromatic rings. The van der Waals surface area contributed by atoms with Gasteiger partial charge in [-0.15, -0.1) is 0 Å². The molecule has 0 bridgehead atoms. The van der Waals surface area contributed by atoms with Gasteiger partial charge in [-0.3, -0.25) is 24.6 Å². The highest BCUT2D eigenvalue weighted by Crippen LogP contribution is 2.24. The normalized spacial score (nSPS) is 19.1. The minimum absolute atomic E-state index is 0.0363. The molecule has 0 saturated carbocycles. The number of hydrogen-bond acceptors (Lipinski definition) is 5. The van der Waals surface area contributed by atoms with Crippen molar-refractivity contribution in [2.75, 3.05) is 12.4 Å². The number of carbonyl (C=O) groups excluding carboxylic acids is 2. The zero-order valence-electron chi connectivity index (χ0n) is 11.3. The number of nitro groups is 1. The van der Waals surface area contributed by atoms with Crippen LogP contribution >= 0.6 is 0 Å². The minimum atomic E-state index is -0.529. The number of rotatable bonds is 3. The molecule has 7 nitrogen and oxygen atoms in total. The van der Waals surface area contributed by atoms with Crippen molar-refractivity contribution in [1.29, 1.82) is 0 Å². The largest absolute Gasteiger partial charge is 0.373 e. The summed E-state index contributed by atoms with van der Waals surface area (Å²) in [7, 11) is 1.44. The quantitative estimate of drug-likeness (QED) is 0.513. The van der Waals surface area contributed by atoms with Crippen LogP contribution < -0.4 is 5.32 Å². The number of amides is 2. The van der Waals surface area contributed by atoms with Crippen LogP contribution in [0.3, 0.4) is 0 Å². The number of carbonyl (C=O) groups is 2. The van der Waals surface area contributed by atoms with Crippen molar-refractivity contribution in [3.63, 3.8) is 0 Å². The highest BCUT2D eigenvalue weighted by Gasteiger charge is 2.32. The molecule has 106 valence electrons. The van der Waals surface area contributed by atoms with Crippen LogP contribution in [0.25, 0.3) is 0 Å². The van der Waals surface area contributed by atoms with Gasteiger partial charge in [-0.1, -0.05) is 6.07 Å². The van der Waals surface area contributed by atoms with Crippen molar-refractivity contribution in [3.8, 4) is 0 Å². The molecule has 0 spiro atoms. The van der Waals surface area contributed by atoms with Crippen LogP contribution in [0.4, 0.5) is 11.4 Å². The zero-order chi connectivity index (χ0) is 14.9. The average Bonchev–Trinajstić information content (AvgIpc) is 2.41. The fraction of sp³-hybridized carbons (Fsp3) is 0.385. The number of non-ortho nitro benzene ring substituents is 1. The molecular formula is C13H15N3O4. The lowest BCUT2D eigenvalue weighted by atomic mass is 10.0. The van der Waals surface area contributed by atoms with Crippen LogP contribution in [0.2, 0.25) is 0 Å². The number of benzene rings is 1. The lowest BCUT2D eigenvalue weighted by Crippen LogP contribution is -2.48. The Hall–Kier alpha value is -2.44. The molecule has 1 heterocycles. The van der Waals surface area contributed by atoms with Gasteiger partial charge in [0.2, 0.25) is 5.91 Å². The Bertz CT molecular complexity index is 585. The van der Waals surface area contributed by atoms with E-state index in [1.165, 1.54) is 19.2 Å². The number of likely N-dealkylation sites (N-methyl/N-ethyl adjacent to an activating group) is 1. The van der Waals surface area contributed by atoms with E-state index in [1.54, 1.807) is 13.0 Å². The summed E-state index contributed by atoms with van der Waals surface area (Å²) in [5, 5.41) is 13.8. The van der Waals surface area contributed by atoms with Crippen LogP contribution in [0, 0.1) is 17.0 Å². The third kappa shape index (κ3) is 2.61. The molecule has 1 unspecified atom stereocenters. The minimum Gasteiger partial charge on any atom is -0.373 e. The topological polar surface area (TPSA) is 92.6 Å². The van der Waals surface area contributed by atoms with E-state index in [4.69, 9.17) is 0 Å². The fourth-order valence-electron chi connectivity index (χ4n) is 2.12. The van der Waals surface area contributed by atoms with Gasteiger partial charge in [-0.05, 0) is 18.9 Å². The Morgan fingerprint density at radius 3 is 2.75 bits per heavy atom. The number of likely N-dealkylation sites (tertiary alicyclic amines) is 1. The summed E-state index contributed by atoms with van der Waals surface area (Å²) in [6.45, 7) is 1.80. The first-order valence-corrected chi connectivity index (χ1v) is 6.22. The molecule has 1 fully saturated rings. The monoisotopic (exact) mass is 277 g/mol. The van der Waals surface area contributed by atoms with Gasteiger partial charge in [0.05, 0.1) is 4.92 Å². The van der Waals surface area contributed by atoms with E-state index in [-0.39, 0.29) is 23.9 Å². The second-order valence-corrected chi connectivity index (χ2v) is 4.78. The molecule has 0 aromatic heterocycles. The number of anilines is 1. The highest BCUT2D eigenvalue weighted by molar-refractivity contribution is 6.01. The first-order chi connectivity index (χ1) is 9.40. The van der Waals surface area contributed by atoms with Crippen molar-refractivity contribution in [1.82, 2.24) is 4.90 Å². The maximum Gasteiger partial charge on any atom is 0.271 e. The number of nitro benzene ring substituents is 1. The van der Waals surface area contributed by atoms with E-state index >= 15 is 0 Å². The van der Waals surface area contributed by atoms with Gasteiger partial charge >= 0.3 is 0 Å². The number of piperidine rings is 1. The maximum absolute atomic E-state index is 12.0. The Morgan fingerprint density at radius 2 is 2.10 bits per heavy atom. The molecule has 1 atom stereocenters. The van der Waals surface area contributed by atoms with Gasteiger partial charge in [0.25, 0.3) is 11.6 Å². The van der Waals surface area contributed by atoms with Gasteiger partial charge in [-0.2, -0.15) is 0 Å². The highest BCUT2D eigenvalue weighted by atomic mass is 16.6. The smallest absolute Gasteiger partial charge is 0.271 e. The Labute approximate surface area is 115 Å². The van der Waals surface area contributed by atoms with Crippen molar-refractivity contribution in [2.45, 2.75) is 25.8 Å². The molecule has 1 aliphatic rings. The summed E-state index contributed by atoms with van der Waals surface area (Å²) in [5.41, 5.74) is 1.31. The predicted octanol–water partition coefficient (Wildman–Crippen LogP) is 1.46. The van der Waals surface area contributed by atoms with Crippen LogP contribution in [-0.2, 0) is 9.59 Å². The lowest BCUT2D eigenvalue weighted by molar-refractivity contribution is -0.384. The second kappa shape index (κ2) is 5.28. The summed E-state index contributed by atoms with van der Waals surface area (Å²) in [6, 6.07) is 3.92. The SMILES string of the molecule is Cc1ccc([N+](=O)[O-])cc1NC1CCC(=O)N(C)C1=O. The lowest BCUT2D eigenvalue weighted by Gasteiger charge is -2.29. The third-order valence-corrected chi connectivity index (χ3v) is 3.41. The van der Waals surface area contributed by atoms with Crippen molar-refractivity contribution >= 4 is 23.2 Å². The second-order valence-electron chi connectivity index (χ2n) is 4.78. The Kier molecular flexibility index (Phi) is 3.69. The van der Waals surface area contributed by atoms with Gasteiger partial charge in [0, 0.05) is 31.3 Å². The zero-order valence-corrected chi connectivity index (χ0v) is 11.3. The molecule has 0 radical (unpaired) electrons. The molecule has 1 aromatic carbocycles. The molecule has 20 heavy (non-hydrogen) atoms. The van der Waals surface area contributed by atoms with Crippen molar-refractivity contribution in [3.05, 3.63) is 33.9 Å². The van der Waals surface area contributed by atoms with Gasteiger partial charge in [0.1, 0.15) is 6.04 Å². The Balaban J connectivity index is 2.21. The first-order valence-electron chi connectivity index (χ1n) is 6.22. The number of hydrogen-bond donors (Lipinski definition) is 1. The molecule has 2 amide bonds. The summed E-state index contributed by atoms with van der Waals surface area (Å²) in [6.07, 6.45) is 0.679. The van der Waals surface area contributed by atoms with Crippen LogP contribution in [0.15, 0.2) is 18.2 Å². The number of nitrogens with one attached hydrogen (secondary N) is 1. The molecular weight excluding hydrogens is 262 g/mol. The summed E-state index contributed by atoms with van der Waals surface area (Å²) < 4.78 is 0.